The van der Waals surface area contributed by atoms with Crippen LogP contribution in [0.15, 0.2) is 0 Å². The van der Waals surface area contributed by atoms with E-state index < -0.39 is 0 Å². The Kier molecular flexibility index (Phi) is 3.83. The van der Waals surface area contributed by atoms with Crippen LogP contribution in [0.1, 0.15) is 32.1 Å². The first-order chi connectivity index (χ1) is 9.66. The summed E-state index contributed by atoms with van der Waals surface area (Å²) in [4.78, 5) is 28.1. The van der Waals surface area contributed by atoms with Crippen molar-refractivity contribution in [2.75, 3.05) is 26.2 Å². The van der Waals surface area contributed by atoms with E-state index in [0.717, 1.165) is 25.7 Å². The van der Waals surface area contributed by atoms with Gasteiger partial charge in [-0.2, -0.15) is 0 Å². The molecule has 1 saturated carbocycles. The summed E-state index contributed by atoms with van der Waals surface area (Å²) in [6.45, 7) is 2.59. The van der Waals surface area contributed by atoms with Gasteiger partial charge in [0.05, 0.1) is 12.0 Å². The van der Waals surface area contributed by atoms with E-state index in [-0.39, 0.29) is 29.9 Å². The Balaban J connectivity index is 1.64. The van der Waals surface area contributed by atoms with Crippen LogP contribution in [0.25, 0.3) is 0 Å². The van der Waals surface area contributed by atoms with Crippen molar-refractivity contribution in [3.8, 4) is 0 Å². The molecule has 2 aliphatic heterocycles. The highest BCUT2D eigenvalue weighted by atomic mass is 16.2. The van der Waals surface area contributed by atoms with Crippen molar-refractivity contribution >= 4 is 11.9 Å². The van der Waals surface area contributed by atoms with E-state index in [0.29, 0.717) is 26.2 Å². The van der Waals surface area contributed by atoms with Crippen molar-refractivity contribution in [1.29, 1.82) is 0 Å². The number of fused-ring (bicyclic) bond motifs is 1. The first-order valence-corrected chi connectivity index (χ1v) is 7.75. The summed E-state index contributed by atoms with van der Waals surface area (Å²) in [5, 5.41) is 2.84. The van der Waals surface area contributed by atoms with Gasteiger partial charge in [-0.3, -0.25) is 4.79 Å². The Bertz CT molecular complexity index is 401. The third-order valence-electron chi connectivity index (χ3n) is 4.93. The first-order valence-electron chi connectivity index (χ1n) is 7.75. The summed E-state index contributed by atoms with van der Waals surface area (Å²) in [5.41, 5.74) is 6.19. The number of hydrogen-bond acceptors (Lipinski definition) is 3. The van der Waals surface area contributed by atoms with Crippen LogP contribution in [0.4, 0.5) is 4.79 Å². The number of rotatable bonds is 1. The van der Waals surface area contributed by atoms with Gasteiger partial charge in [-0.15, -0.1) is 0 Å². The highest BCUT2D eigenvalue weighted by molar-refractivity contribution is 5.81. The molecule has 3 rings (SSSR count). The van der Waals surface area contributed by atoms with Gasteiger partial charge < -0.3 is 20.9 Å². The number of piperazine rings is 1. The van der Waals surface area contributed by atoms with E-state index in [4.69, 9.17) is 5.73 Å². The minimum Gasteiger partial charge on any atom is -0.338 e. The van der Waals surface area contributed by atoms with Gasteiger partial charge >= 0.3 is 6.03 Å². The van der Waals surface area contributed by atoms with Crippen LogP contribution in [-0.2, 0) is 4.79 Å². The van der Waals surface area contributed by atoms with Crippen LogP contribution in [0.5, 0.6) is 0 Å². The molecule has 3 N–H and O–H groups in total. The molecule has 3 fully saturated rings. The molecule has 0 bridgehead atoms. The van der Waals surface area contributed by atoms with Crippen LogP contribution in [0.2, 0.25) is 0 Å². The molecule has 0 spiro atoms. The molecule has 6 nitrogen and oxygen atoms in total. The van der Waals surface area contributed by atoms with E-state index >= 15 is 0 Å². The molecule has 3 aliphatic rings. The van der Waals surface area contributed by atoms with Gasteiger partial charge in [0, 0.05) is 32.2 Å². The largest absolute Gasteiger partial charge is 0.338 e. The summed E-state index contributed by atoms with van der Waals surface area (Å²) >= 11 is 0. The topological polar surface area (TPSA) is 78.7 Å². The number of nitrogens with zero attached hydrogens (tertiary/aromatic N) is 2. The Morgan fingerprint density at radius 1 is 1.20 bits per heavy atom. The van der Waals surface area contributed by atoms with Gasteiger partial charge in [0.2, 0.25) is 5.91 Å². The lowest BCUT2D eigenvalue weighted by Gasteiger charge is -2.38. The van der Waals surface area contributed by atoms with Crippen molar-refractivity contribution in [3.05, 3.63) is 0 Å². The molecular formula is C14H24N4O2. The zero-order chi connectivity index (χ0) is 14.1. The zero-order valence-electron chi connectivity index (χ0n) is 11.9. The van der Waals surface area contributed by atoms with Gasteiger partial charge in [-0.05, 0) is 12.8 Å². The number of nitrogens with one attached hydrogen (secondary N) is 1. The van der Waals surface area contributed by atoms with E-state index in [2.05, 4.69) is 5.32 Å². The molecule has 0 aromatic heterocycles. The normalized spacial score (nSPS) is 34.5. The van der Waals surface area contributed by atoms with E-state index in [1.807, 2.05) is 9.80 Å². The Morgan fingerprint density at radius 3 is 2.85 bits per heavy atom. The highest BCUT2D eigenvalue weighted by Gasteiger charge is 2.39. The van der Waals surface area contributed by atoms with Crippen molar-refractivity contribution < 1.29 is 9.59 Å². The second kappa shape index (κ2) is 5.60. The molecule has 2 heterocycles. The Morgan fingerprint density at radius 2 is 2.00 bits per heavy atom. The van der Waals surface area contributed by atoms with Gasteiger partial charge in [-0.25, -0.2) is 4.79 Å². The van der Waals surface area contributed by atoms with Gasteiger partial charge in [0.25, 0.3) is 0 Å². The number of carbonyl (C=O) groups is 2. The summed E-state index contributed by atoms with van der Waals surface area (Å²) in [6, 6.07) is 0.154. The smallest absolute Gasteiger partial charge is 0.317 e. The van der Waals surface area contributed by atoms with Crippen LogP contribution in [0, 0.1) is 5.92 Å². The maximum atomic E-state index is 12.7. The Hall–Kier alpha value is -1.30. The predicted octanol–water partition coefficient (Wildman–Crippen LogP) is 0.130. The highest BCUT2D eigenvalue weighted by Crippen LogP contribution is 2.25. The summed E-state index contributed by atoms with van der Waals surface area (Å²) in [5.74, 6) is 0.188. The molecular weight excluding hydrogens is 256 g/mol. The van der Waals surface area contributed by atoms with Crippen molar-refractivity contribution in [2.24, 2.45) is 11.7 Å². The SMILES string of the molecule is NC1CCCCCC1C(=O)N1CCN2C(=O)NCC2C1. The fourth-order valence-corrected chi connectivity index (χ4v) is 3.68. The zero-order valence-corrected chi connectivity index (χ0v) is 11.9. The maximum absolute atomic E-state index is 12.7. The molecule has 2 saturated heterocycles. The number of carbonyl (C=O) groups excluding carboxylic acids is 2. The van der Waals surface area contributed by atoms with Crippen LogP contribution in [0.3, 0.4) is 0 Å². The molecule has 1 aliphatic carbocycles. The van der Waals surface area contributed by atoms with E-state index in [9.17, 15) is 9.59 Å². The molecule has 3 amide bonds. The summed E-state index contributed by atoms with van der Waals surface area (Å²) < 4.78 is 0. The number of urea groups is 1. The average molecular weight is 280 g/mol. The van der Waals surface area contributed by atoms with Gasteiger partial charge in [0.15, 0.2) is 0 Å². The van der Waals surface area contributed by atoms with Crippen molar-refractivity contribution in [2.45, 2.75) is 44.2 Å². The standard InChI is InChI=1S/C14H24N4O2/c15-12-5-3-1-2-4-11(12)13(19)17-6-7-18-10(9-17)8-16-14(18)20/h10-12H,1-9,15H2,(H,16,20). The molecule has 3 atom stereocenters. The maximum Gasteiger partial charge on any atom is 0.317 e. The predicted molar refractivity (Wildman–Crippen MR) is 75.0 cm³/mol. The lowest BCUT2D eigenvalue weighted by molar-refractivity contribution is -0.138. The molecule has 6 heteroatoms. The number of nitrogens with two attached hydrogens (primary N) is 1. The average Bonchev–Trinajstić information content (AvgIpc) is 2.68. The number of hydrogen-bond donors (Lipinski definition) is 2. The molecule has 0 radical (unpaired) electrons. The summed E-state index contributed by atoms with van der Waals surface area (Å²) in [6.07, 6.45) is 5.31. The Labute approximate surface area is 119 Å². The minimum absolute atomic E-state index is 0.00589. The monoisotopic (exact) mass is 280 g/mol. The lowest BCUT2D eigenvalue weighted by Crippen LogP contribution is -2.56. The molecule has 20 heavy (non-hydrogen) atoms. The first kappa shape index (κ1) is 13.7. The quantitative estimate of drug-likeness (QED) is 0.670. The fourth-order valence-electron chi connectivity index (χ4n) is 3.68. The third-order valence-corrected chi connectivity index (χ3v) is 4.93. The van der Waals surface area contributed by atoms with E-state index in [1.54, 1.807) is 0 Å². The summed E-state index contributed by atoms with van der Waals surface area (Å²) in [7, 11) is 0. The fraction of sp³-hybridized carbons (Fsp3) is 0.857. The van der Waals surface area contributed by atoms with E-state index in [1.165, 1.54) is 6.42 Å². The molecule has 0 aromatic carbocycles. The number of amides is 3. The molecule has 112 valence electrons. The van der Waals surface area contributed by atoms with Gasteiger partial charge in [0.1, 0.15) is 0 Å². The van der Waals surface area contributed by atoms with Crippen LogP contribution >= 0.6 is 0 Å². The van der Waals surface area contributed by atoms with Crippen molar-refractivity contribution in [1.82, 2.24) is 15.1 Å². The van der Waals surface area contributed by atoms with Crippen LogP contribution in [-0.4, -0.2) is 60.0 Å². The van der Waals surface area contributed by atoms with Gasteiger partial charge in [-0.1, -0.05) is 19.3 Å². The lowest BCUT2D eigenvalue weighted by atomic mass is 9.93. The van der Waals surface area contributed by atoms with Crippen LogP contribution < -0.4 is 11.1 Å². The molecule has 3 unspecified atom stereocenters. The second-order valence-electron chi connectivity index (χ2n) is 6.23. The minimum atomic E-state index is -0.0193. The molecule has 0 aromatic rings. The third kappa shape index (κ3) is 2.49. The second-order valence-corrected chi connectivity index (χ2v) is 6.23. The van der Waals surface area contributed by atoms with Crippen molar-refractivity contribution in [3.63, 3.8) is 0 Å².